The molecule has 1 atom stereocenters. The van der Waals surface area contributed by atoms with Crippen molar-refractivity contribution in [3.63, 3.8) is 0 Å². The van der Waals surface area contributed by atoms with Gasteiger partial charge in [-0.25, -0.2) is 18.9 Å². The average molecular weight is 422 g/mol. The van der Waals surface area contributed by atoms with Crippen LogP contribution in [0.5, 0.6) is 0 Å². The molecule has 0 aliphatic heterocycles. The predicted octanol–water partition coefficient (Wildman–Crippen LogP) is 3.49. The highest BCUT2D eigenvalue weighted by molar-refractivity contribution is 7.19. The highest BCUT2D eigenvalue weighted by Crippen LogP contribution is 2.38. The lowest BCUT2D eigenvalue weighted by molar-refractivity contribution is -0.117. The van der Waals surface area contributed by atoms with Crippen LogP contribution in [0.25, 0.3) is 15.9 Å². The largest absolute Gasteiger partial charge is 0.352 e. The molecule has 0 bridgehead atoms. The van der Waals surface area contributed by atoms with Crippen LogP contribution in [0.1, 0.15) is 34.9 Å². The van der Waals surface area contributed by atoms with E-state index in [1.165, 1.54) is 25.9 Å². The monoisotopic (exact) mass is 421 g/mol. The number of anilines is 1. The van der Waals surface area contributed by atoms with Crippen LogP contribution in [0.3, 0.4) is 0 Å². The van der Waals surface area contributed by atoms with E-state index in [9.17, 15) is 9.59 Å². The Labute approximate surface area is 177 Å². The molecule has 0 spiro atoms. The van der Waals surface area contributed by atoms with Crippen LogP contribution in [0.4, 0.5) is 5.69 Å². The van der Waals surface area contributed by atoms with Gasteiger partial charge in [-0.15, -0.1) is 16.4 Å². The molecule has 0 unspecified atom stereocenters. The molecule has 0 saturated carbocycles. The Hall–Kier alpha value is -3.00. The number of fused-ring (bicyclic) bond motifs is 5. The summed E-state index contributed by atoms with van der Waals surface area (Å²) < 4.78 is 2.68. The molecule has 4 aromatic rings. The maximum absolute atomic E-state index is 12.9. The van der Waals surface area contributed by atoms with E-state index < -0.39 is 0 Å². The molecule has 1 aliphatic carbocycles. The zero-order chi connectivity index (χ0) is 21.0. The number of nitrogens with one attached hydrogen (secondary N) is 1. The second-order valence-electron chi connectivity index (χ2n) is 8.33. The lowest BCUT2D eigenvalue weighted by Crippen LogP contribution is -2.28. The minimum atomic E-state index is -0.348. The van der Waals surface area contributed by atoms with Gasteiger partial charge in [0.15, 0.2) is 5.65 Å². The zero-order valence-corrected chi connectivity index (χ0v) is 18.0. The second kappa shape index (κ2) is 7.05. The van der Waals surface area contributed by atoms with Crippen molar-refractivity contribution in [2.75, 3.05) is 5.32 Å². The fraction of sp³-hybridized carbons (Fsp3) is 0.364. The first-order valence-corrected chi connectivity index (χ1v) is 11.0. The molecule has 0 radical (unpaired) electrons. The molecular weight excluding hydrogens is 398 g/mol. The highest BCUT2D eigenvalue weighted by Gasteiger charge is 2.24. The molecule has 1 aliphatic rings. The Morgan fingerprint density at radius 3 is 2.80 bits per heavy atom. The smallest absolute Gasteiger partial charge is 0.324 e. The van der Waals surface area contributed by atoms with E-state index >= 15 is 0 Å². The van der Waals surface area contributed by atoms with E-state index in [1.807, 2.05) is 32.0 Å². The van der Waals surface area contributed by atoms with Gasteiger partial charge in [0.1, 0.15) is 17.7 Å². The quantitative estimate of drug-likeness (QED) is 0.549. The summed E-state index contributed by atoms with van der Waals surface area (Å²) in [6, 6.07) is 5.86. The fourth-order valence-electron chi connectivity index (χ4n) is 4.35. The highest BCUT2D eigenvalue weighted by atomic mass is 32.1. The normalized spacial score (nSPS) is 16.2. The number of thiophene rings is 1. The Kier molecular flexibility index (Phi) is 4.47. The minimum absolute atomic E-state index is 0.141. The van der Waals surface area contributed by atoms with Gasteiger partial charge < -0.3 is 5.32 Å². The number of hydrogen-bond donors (Lipinski definition) is 1. The number of aryl methyl sites for hydroxylation is 3. The predicted molar refractivity (Wildman–Crippen MR) is 118 cm³/mol. The maximum Gasteiger partial charge on any atom is 0.352 e. The Morgan fingerprint density at radius 2 is 2.03 bits per heavy atom. The minimum Gasteiger partial charge on any atom is -0.324 e. The molecular formula is C22H23N5O2S. The molecule has 1 amide bonds. The number of amides is 1. The van der Waals surface area contributed by atoms with Crippen LogP contribution in [-0.4, -0.2) is 25.1 Å². The van der Waals surface area contributed by atoms with Crippen molar-refractivity contribution in [1.82, 2.24) is 19.2 Å². The van der Waals surface area contributed by atoms with Crippen LogP contribution in [0, 0.1) is 19.8 Å². The van der Waals surface area contributed by atoms with Gasteiger partial charge in [0, 0.05) is 10.6 Å². The van der Waals surface area contributed by atoms with Crippen molar-refractivity contribution >= 4 is 38.8 Å². The number of rotatable bonds is 3. The molecule has 3 aromatic heterocycles. The van der Waals surface area contributed by atoms with Crippen molar-refractivity contribution in [2.45, 2.75) is 46.6 Å². The summed E-state index contributed by atoms with van der Waals surface area (Å²) in [6.07, 6.45) is 4.68. The van der Waals surface area contributed by atoms with E-state index in [0.717, 1.165) is 46.3 Å². The molecule has 8 heteroatoms. The summed E-state index contributed by atoms with van der Waals surface area (Å²) >= 11 is 1.70. The summed E-state index contributed by atoms with van der Waals surface area (Å²) in [5.41, 5.74) is 4.37. The molecule has 5 rings (SSSR count). The first-order valence-electron chi connectivity index (χ1n) is 10.2. The van der Waals surface area contributed by atoms with Crippen LogP contribution >= 0.6 is 11.3 Å². The molecule has 7 nitrogen and oxygen atoms in total. The van der Waals surface area contributed by atoms with Crippen LogP contribution < -0.4 is 11.0 Å². The summed E-state index contributed by atoms with van der Waals surface area (Å²) in [4.78, 5) is 32.2. The van der Waals surface area contributed by atoms with E-state index in [4.69, 9.17) is 0 Å². The van der Waals surface area contributed by atoms with E-state index in [1.54, 1.807) is 11.3 Å². The van der Waals surface area contributed by atoms with E-state index in [2.05, 4.69) is 22.3 Å². The SMILES string of the molecule is Cc1cc(C)cc(NC(=O)Cn2nc3c4c5c(sc4ncn3c2=O)C[C@H](C)CC5)c1. The van der Waals surface area contributed by atoms with Crippen molar-refractivity contribution < 1.29 is 4.79 Å². The van der Waals surface area contributed by atoms with Gasteiger partial charge in [0.2, 0.25) is 5.91 Å². The van der Waals surface area contributed by atoms with E-state index in [0.29, 0.717) is 11.6 Å². The topological polar surface area (TPSA) is 81.3 Å². The van der Waals surface area contributed by atoms with Gasteiger partial charge in [-0.05, 0) is 67.9 Å². The number of nitrogens with zero attached hydrogens (tertiary/aromatic N) is 4. The number of carbonyl (C=O) groups excluding carboxylic acids is 1. The third-order valence-electron chi connectivity index (χ3n) is 5.68. The van der Waals surface area contributed by atoms with Gasteiger partial charge in [-0.3, -0.25) is 4.79 Å². The number of aromatic nitrogens is 4. The number of hydrogen-bond acceptors (Lipinski definition) is 5. The first-order chi connectivity index (χ1) is 14.4. The Morgan fingerprint density at radius 1 is 1.27 bits per heavy atom. The number of benzene rings is 1. The van der Waals surface area contributed by atoms with Crippen molar-refractivity contribution in [1.29, 1.82) is 0 Å². The number of carbonyl (C=O) groups is 1. The van der Waals surface area contributed by atoms with Crippen LogP contribution in [-0.2, 0) is 24.2 Å². The third kappa shape index (κ3) is 3.21. The summed E-state index contributed by atoms with van der Waals surface area (Å²) in [5.74, 6) is 0.381. The van der Waals surface area contributed by atoms with E-state index in [-0.39, 0.29) is 18.1 Å². The first kappa shape index (κ1) is 19.0. The van der Waals surface area contributed by atoms with Gasteiger partial charge in [0.25, 0.3) is 0 Å². The van der Waals surface area contributed by atoms with Crippen molar-refractivity contribution in [3.8, 4) is 0 Å². The molecule has 30 heavy (non-hydrogen) atoms. The molecule has 0 saturated heterocycles. The summed E-state index contributed by atoms with van der Waals surface area (Å²) in [5, 5.41) is 8.37. The summed E-state index contributed by atoms with van der Waals surface area (Å²) in [6.45, 7) is 6.09. The molecule has 1 aromatic carbocycles. The lowest BCUT2D eigenvalue weighted by Gasteiger charge is -2.17. The van der Waals surface area contributed by atoms with Gasteiger partial charge in [-0.1, -0.05) is 13.0 Å². The molecule has 154 valence electrons. The molecule has 3 heterocycles. The van der Waals surface area contributed by atoms with Gasteiger partial charge in [0.05, 0.1) is 5.39 Å². The Balaban J connectivity index is 1.51. The van der Waals surface area contributed by atoms with Crippen LogP contribution in [0.15, 0.2) is 29.3 Å². The molecule has 1 N–H and O–H groups in total. The van der Waals surface area contributed by atoms with Crippen LogP contribution in [0.2, 0.25) is 0 Å². The average Bonchev–Trinajstić information content (AvgIpc) is 3.18. The second-order valence-corrected chi connectivity index (χ2v) is 9.42. The van der Waals surface area contributed by atoms with Crippen molar-refractivity contribution in [2.24, 2.45) is 5.92 Å². The summed E-state index contributed by atoms with van der Waals surface area (Å²) in [7, 11) is 0. The maximum atomic E-state index is 12.9. The van der Waals surface area contributed by atoms with Crippen molar-refractivity contribution in [3.05, 3.63) is 56.6 Å². The third-order valence-corrected chi connectivity index (χ3v) is 6.84. The molecule has 0 fully saturated rings. The van der Waals surface area contributed by atoms with Gasteiger partial charge >= 0.3 is 5.69 Å². The fourth-order valence-corrected chi connectivity index (χ4v) is 5.69. The Bertz CT molecular complexity index is 1340. The zero-order valence-electron chi connectivity index (χ0n) is 17.2. The standard InChI is InChI=1S/C22H23N5O2S/c1-12-4-5-16-17(9-12)30-21-19(16)20-25-27(22(29)26(20)11-23-21)10-18(28)24-15-7-13(2)6-14(3)8-15/h6-8,11-12H,4-5,9-10H2,1-3H3,(H,24,28)/t12-/m1/s1. The van der Waals surface area contributed by atoms with Gasteiger partial charge in [-0.2, -0.15) is 0 Å². The lowest BCUT2D eigenvalue weighted by atomic mass is 9.89.